The van der Waals surface area contributed by atoms with Crippen molar-refractivity contribution in [2.45, 2.75) is 136 Å². The molecule has 2 aromatic carbocycles. The van der Waals surface area contributed by atoms with Crippen molar-refractivity contribution in [1.82, 2.24) is 0 Å². The molecule has 4 nitrogen and oxygen atoms in total. The van der Waals surface area contributed by atoms with E-state index in [4.69, 9.17) is 9.47 Å². The Labute approximate surface area is 252 Å². The molecule has 1 unspecified atom stereocenters. The Morgan fingerprint density at radius 3 is 2.00 bits per heavy atom. The fraction of sp³-hybridized carbons (Fsp3) is 0.649. The molecule has 2 aromatic rings. The molecule has 0 aromatic heterocycles. The Morgan fingerprint density at radius 1 is 0.707 bits per heavy atom. The van der Waals surface area contributed by atoms with Crippen molar-refractivity contribution in [2.75, 3.05) is 20.6 Å². The summed E-state index contributed by atoms with van der Waals surface area (Å²) in [6.07, 6.45) is 19.4. The van der Waals surface area contributed by atoms with E-state index in [1.165, 1.54) is 81.8 Å². The molecule has 0 saturated carbocycles. The summed E-state index contributed by atoms with van der Waals surface area (Å²) in [5.74, 6) is 0.644. The van der Waals surface area contributed by atoms with Gasteiger partial charge in [0.1, 0.15) is 12.3 Å². The zero-order valence-electron chi connectivity index (χ0n) is 26.9. The number of rotatable bonds is 24. The summed E-state index contributed by atoms with van der Waals surface area (Å²) in [6, 6.07) is 18.9. The Morgan fingerprint density at radius 2 is 1.34 bits per heavy atom. The molecule has 0 heterocycles. The maximum Gasteiger partial charge on any atom is 0.308 e. The van der Waals surface area contributed by atoms with Gasteiger partial charge in [-0.25, -0.2) is 0 Å². The highest BCUT2D eigenvalue weighted by atomic mass is 16.7. The average molecular weight is 567 g/mol. The highest BCUT2D eigenvalue weighted by Gasteiger charge is 2.18. The fourth-order valence-electron chi connectivity index (χ4n) is 5.47. The number of carbonyl (C=O) groups is 1. The van der Waals surface area contributed by atoms with Crippen LogP contribution in [0, 0.1) is 0 Å². The smallest absolute Gasteiger partial charge is 0.308 e. The van der Waals surface area contributed by atoms with E-state index in [1.807, 2.05) is 6.07 Å². The zero-order chi connectivity index (χ0) is 29.6. The van der Waals surface area contributed by atoms with Crippen LogP contribution in [0.15, 0.2) is 54.6 Å². The Bertz CT molecular complexity index is 927. The van der Waals surface area contributed by atoms with Crippen LogP contribution in [0.1, 0.15) is 128 Å². The average Bonchev–Trinajstić information content (AvgIpc) is 2.95. The van der Waals surface area contributed by atoms with Crippen LogP contribution < -0.4 is 4.74 Å². The molecule has 0 aliphatic heterocycles. The molecule has 0 bridgehead atoms. The van der Waals surface area contributed by atoms with Crippen LogP contribution in [0.2, 0.25) is 0 Å². The van der Waals surface area contributed by atoms with Gasteiger partial charge in [0, 0.05) is 18.4 Å². The molecular formula is C37H60NO3+. The quantitative estimate of drug-likeness (QED) is 0.0549. The molecule has 0 fully saturated rings. The molecule has 0 radical (unpaired) electrons. The minimum absolute atomic E-state index is 0.158. The number of hydrogen-bond acceptors (Lipinski definition) is 3. The Hall–Kier alpha value is -2.33. The molecular weight excluding hydrogens is 506 g/mol. The lowest BCUT2D eigenvalue weighted by Crippen LogP contribution is -2.39. The first kappa shape index (κ1) is 34.9. The first-order valence-corrected chi connectivity index (χ1v) is 16.7. The monoisotopic (exact) mass is 566 g/mol. The first-order valence-electron chi connectivity index (χ1n) is 16.7. The largest absolute Gasteiger partial charge is 0.455 e. The summed E-state index contributed by atoms with van der Waals surface area (Å²) < 4.78 is 12.8. The van der Waals surface area contributed by atoms with E-state index in [9.17, 15) is 4.79 Å². The fourth-order valence-corrected chi connectivity index (χ4v) is 5.47. The minimum Gasteiger partial charge on any atom is -0.455 e. The summed E-state index contributed by atoms with van der Waals surface area (Å²) in [7, 11) is 4.50. The van der Waals surface area contributed by atoms with Crippen LogP contribution in [0.25, 0.3) is 0 Å². The Balaban J connectivity index is 1.64. The highest BCUT2D eigenvalue weighted by molar-refractivity contribution is 5.69. The van der Waals surface area contributed by atoms with Crippen molar-refractivity contribution in [3.05, 3.63) is 65.7 Å². The van der Waals surface area contributed by atoms with E-state index in [0.717, 1.165) is 49.0 Å². The molecule has 1 atom stereocenters. The van der Waals surface area contributed by atoms with Gasteiger partial charge in [-0.05, 0) is 49.8 Å². The molecule has 0 saturated heterocycles. The number of carbonyl (C=O) groups excluding carboxylic acids is 1. The second-order valence-electron chi connectivity index (χ2n) is 12.5. The van der Waals surface area contributed by atoms with Gasteiger partial charge in [0.2, 0.25) is 6.29 Å². The van der Waals surface area contributed by atoms with Gasteiger partial charge < -0.3 is 14.0 Å². The molecule has 0 N–H and O–H groups in total. The third-order valence-electron chi connectivity index (χ3n) is 7.87. The zero-order valence-corrected chi connectivity index (χ0v) is 26.9. The third kappa shape index (κ3) is 17.3. The lowest BCUT2D eigenvalue weighted by molar-refractivity contribution is -0.903. The normalized spacial score (nSPS) is 12.3. The van der Waals surface area contributed by atoms with Crippen molar-refractivity contribution < 1.29 is 18.8 Å². The highest BCUT2D eigenvalue weighted by Crippen LogP contribution is 2.20. The van der Waals surface area contributed by atoms with E-state index < -0.39 is 6.29 Å². The predicted molar refractivity (Wildman–Crippen MR) is 173 cm³/mol. The molecule has 0 aliphatic rings. The van der Waals surface area contributed by atoms with E-state index in [0.29, 0.717) is 12.8 Å². The van der Waals surface area contributed by atoms with Gasteiger partial charge in [0.25, 0.3) is 0 Å². The number of unbranched alkanes of at least 4 members (excludes halogenated alkanes) is 11. The second-order valence-corrected chi connectivity index (χ2v) is 12.5. The van der Waals surface area contributed by atoms with Crippen LogP contribution in [-0.2, 0) is 22.5 Å². The number of quaternary nitrogens is 1. The maximum absolute atomic E-state index is 12.6. The minimum atomic E-state index is -0.518. The second kappa shape index (κ2) is 21.4. The van der Waals surface area contributed by atoms with E-state index >= 15 is 0 Å². The first-order chi connectivity index (χ1) is 19.9. The SMILES string of the molecule is CCCCCCCCCCCCCc1cccc(OC(CCC)OC(=O)CCCC[N+](C)(C)Cc2ccccc2)c1. The topological polar surface area (TPSA) is 35.5 Å². The van der Waals surface area contributed by atoms with E-state index in [-0.39, 0.29) is 5.97 Å². The van der Waals surface area contributed by atoms with Gasteiger partial charge in [-0.3, -0.25) is 4.79 Å². The summed E-state index contributed by atoms with van der Waals surface area (Å²) in [4.78, 5) is 12.6. The molecule has 4 heteroatoms. The molecule has 0 spiro atoms. The number of benzene rings is 2. The van der Waals surface area contributed by atoms with Crippen LogP contribution >= 0.6 is 0 Å². The maximum atomic E-state index is 12.6. The van der Waals surface area contributed by atoms with Crippen LogP contribution in [0.3, 0.4) is 0 Å². The van der Waals surface area contributed by atoms with Gasteiger partial charge in [0.05, 0.1) is 20.6 Å². The molecule has 0 amide bonds. The van der Waals surface area contributed by atoms with E-state index in [1.54, 1.807) is 0 Å². The van der Waals surface area contributed by atoms with Crippen molar-refractivity contribution >= 4 is 5.97 Å². The van der Waals surface area contributed by atoms with Crippen molar-refractivity contribution in [3.63, 3.8) is 0 Å². The lowest BCUT2D eigenvalue weighted by atomic mass is 10.0. The lowest BCUT2D eigenvalue weighted by Gasteiger charge is -2.30. The standard InChI is InChI=1S/C37H60NO3/c1-5-7-8-9-10-11-12-13-14-15-17-24-33-27-22-28-35(31-33)40-37(23-6-2)41-36(39)29-20-21-30-38(3,4)32-34-25-18-16-19-26-34/h16,18-19,22,25-28,31,37H,5-15,17,20-21,23-24,29-30,32H2,1-4H3/q+1. The number of aryl methyl sites for hydroxylation is 1. The Kier molecular flexibility index (Phi) is 18.2. The van der Waals surface area contributed by atoms with Gasteiger partial charge in [-0.2, -0.15) is 0 Å². The summed E-state index contributed by atoms with van der Waals surface area (Å²) >= 11 is 0. The van der Waals surface area contributed by atoms with Gasteiger partial charge in [-0.15, -0.1) is 0 Å². The van der Waals surface area contributed by atoms with Crippen molar-refractivity contribution in [3.8, 4) is 5.75 Å². The van der Waals surface area contributed by atoms with Crippen molar-refractivity contribution in [1.29, 1.82) is 0 Å². The van der Waals surface area contributed by atoms with Crippen LogP contribution in [-0.4, -0.2) is 37.4 Å². The summed E-state index contributed by atoms with van der Waals surface area (Å²) in [6.45, 7) is 6.40. The predicted octanol–water partition coefficient (Wildman–Crippen LogP) is 10.0. The molecule has 41 heavy (non-hydrogen) atoms. The van der Waals surface area contributed by atoms with Gasteiger partial charge in [-0.1, -0.05) is 121 Å². The molecule has 0 aliphatic carbocycles. The van der Waals surface area contributed by atoms with E-state index in [2.05, 4.69) is 76.5 Å². The third-order valence-corrected chi connectivity index (χ3v) is 7.87. The van der Waals surface area contributed by atoms with Gasteiger partial charge >= 0.3 is 5.97 Å². The molecule has 230 valence electrons. The molecule has 2 rings (SSSR count). The van der Waals surface area contributed by atoms with Crippen molar-refractivity contribution in [2.24, 2.45) is 0 Å². The van der Waals surface area contributed by atoms with Gasteiger partial charge in [0.15, 0.2) is 0 Å². The summed E-state index contributed by atoms with van der Waals surface area (Å²) in [5, 5.41) is 0. The van der Waals surface area contributed by atoms with Crippen LogP contribution in [0.4, 0.5) is 0 Å². The number of esters is 1. The number of nitrogens with zero attached hydrogens (tertiary/aromatic N) is 1. The van der Waals surface area contributed by atoms with Crippen LogP contribution in [0.5, 0.6) is 5.75 Å². The number of hydrogen-bond donors (Lipinski definition) is 0. The number of ether oxygens (including phenoxy) is 2. The summed E-state index contributed by atoms with van der Waals surface area (Å²) in [5.41, 5.74) is 2.65.